The van der Waals surface area contributed by atoms with E-state index in [1.165, 1.54) is 37.8 Å². The van der Waals surface area contributed by atoms with Crippen molar-refractivity contribution in [2.45, 2.75) is 52.4 Å². The van der Waals surface area contributed by atoms with Gasteiger partial charge in [-0.25, -0.2) is 4.98 Å². The van der Waals surface area contributed by atoms with Crippen molar-refractivity contribution in [3.8, 4) is 5.69 Å². The topological polar surface area (TPSA) is 82.5 Å². The summed E-state index contributed by atoms with van der Waals surface area (Å²) in [5.74, 6) is 1.38. The molecule has 2 N–H and O–H groups in total. The fraction of sp³-hybridized carbons (Fsp3) is 0.342. The standard InChI is InChI=1S/C38H45BN6O2/c1-4-5-14-43-16-18-44(19-17-43)32-11-12-36(41-24-32)42-26(2)20-31(23-40-25-46)33-7-6-8-35(27(33)3)45-15-13-29-21-30(28-9-10-28)22-34(39)37(29)38(45)47/h6-8,11-13,15,20-25,28H,4-5,9-10,14,16-19,39H2,1-3H3,(H,40,46)(H,41,42)/b26-20+,31-23+. The van der Waals surface area contributed by atoms with Crippen LogP contribution in [0.5, 0.6) is 0 Å². The number of unbranched alkanes of at least 4 members (excludes halogenated alkanes) is 1. The van der Waals surface area contributed by atoms with Gasteiger partial charge >= 0.3 is 0 Å². The largest absolute Gasteiger partial charge is 0.368 e. The third-order valence-corrected chi connectivity index (χ3v) is 9.47. The monoisotopic (exact) mass is 628 g/mol. The van der Waals surface area contributed by atoms with E-state index in [0.717, 1.165) is 82.0 Å². The van der Waals surface area contributed by atoms with Gasteiger partial charge in [-0.2, -0.15) is 0 Å². The molecule has 2 fully saturated rings. The van der Waals surface area contributed by atoms with Gasteiger partial charge in [-0.05, 0) is 104 Å². The highest BCUT2D eigenvalue weighted by Gasteiger charge is 2.24. The van der Waals surface area contributed by atoms with Gasteiger partial charge in [-0.3, -0.25) is 19.1 Å². The third kappa shape index (κ3) is 7.36. The Morgan fingerprint density at radius 3 is 2.60 bits per heavy atom. The van der Waals surface area contributed by atoms with Gasteiger partial charge in [-0.15, -0.1) is 0 Å². The summed E-state index contributed by atoms with van der Waals surface area (Å²) in [6.45, 7) is 11.6. The van der Waals surface area contributed by atoms with Crippen molar-refractivity contribution in [3.05, 3.63) is 106 Å². The molecule has 1 saturated carbocycles. The average Bonchev–Trinajstić information content (AvgIpc) is 3.93. The van der Waals surface area contributed by atoms with E-state index >= 15 is 0 Å². The zero-order valence-electron chi connectivity index (χ0n) is 28.1. The molecule has 9 heteroatoms. The van der Waals surface area contributed by atoms with Crippen LogP contribution in [0.1, 0.15) is 62.1 Å². The van der Waals surface area contributed by atoms with E-state index in [-0.39, 0.29) is 5.56 Å². The lowest BCUT2D eigenvalue weighted by Gasteiger charge is -2.36. The fourth-order valence-electron chi connectivity index (χ4n) is 6.70. The Balaban J connectivity index is 1.22. The number of pyridine rings is 2. The molecule has 0 unspecified atom stereocenters. The smallest absolute Gasteiger partial charge is 0.262 e. The Labute approximate surface area is 278 Å². The molecule has 47 heavy (non-hydrogen) atoms. The molecule has 0 radical (unpaired) electrons. The van der Waals surface area contributed by atoms with Gasteiger partial charge in [0.1, 0.15) is 13.7 Å². The first kappa shape index (κ1) is 32.3. The minimum atomic E-state index is -0.0274. The maximum atomic E-state index is 13.9. The second-order valence-electron chi connectivity index (χ2n) is 12.9. The van der Waals surface area contributed by atoms with Crippen molar-refractivity contribution >= 4 is 47.6 Å². The van der Waals surface area contributed by atoms with Crippen molar-refractivity contribution in [1.82, 2.24) is 19.8 Å². The van der Waals surface area contributed by atoms with Gasteiger partial charge < -0.3 is 15.5 Å². The Hall–Kier alpha value is -4.63. The highest BCUT2D eigenvalue weighted by atomic mass is 16.1. The Morgan fingerprint density at radius 1 is 1.09 bits per heavy atom. The molecule has 2 aromatic carbocycles. The number of aromatic nitrogens is 2. The zero-order chi connectivity index (χ0) is 32.9. The lowest BCUT2D eigenvalue weighted by molar-refractivity contribution is -0.108. The van der Waals surface area contributed by atoms with Crippen molar-refractivity contribution in [1.29, 1.82) is 0 Å². The first-order valence-electron chi connectivity index (χ1n) is 16.9. The molecule has 1 aliphatic heterocycles. The number of piperazine rings is 1. The van der Waals surface area contributed by atoms with Crippen LogP contribution in [-0.4, -0.2) is 61.4 Å². The minimum Gasteiger partial charge on any atom is -0.368 e. The van der Waals surface area contributed by atoms with E-state index in [4.69, 9.17) is 4.98 Å². The van der Waals surface area contributed by atoms with E-state index in [9.17, 15) is 9.59 Å². The van der Waals surface area contributed by atoms with Crippen LogP contribution in [0, 0.1) is 6.92 Å². The van der Waals surface area contributed by atoms with E-state index in [2.05, 4.69) is 45.6 Å². The molecule has 0 spiro atoms. The molecule has 2 aliphatic rings. The van der Waals surface area contributed by atoms with Gasteiger partial charge in [0.2, 0.25) is 6.41 Å². The molecule has 0 bridgehead atoms. The molecule has 2 aromatic heterocycles. The molecule has 1 amide bonds. The number of nitrogens with one attached hydrogen (secondary N) is 2. The van der Waals surface area contributed by atoms with Gasteiger partial charge in [0.05, 0.1) is 17.6 Å². The average molecular weight is 629 g/mol. The minimum absolute atomic E-state index is 0.0274. The highest BCUT2D eigenvalue weighted by Crippen LogP contribution is 2.40. The van der Waals surface area contributed by atoms with E-state index in [1.54, 1.807) is 10.8 Å². The number of benzene rings is 2. The molecule has 242 valence electrons. The zero-order valence-corrected chi connectivity index (χ0v) is 28.1. The molecular weight excluding hydrogens is 583 g/mol. The molecule has 6 rings (SSSR count). The molecule has 4 aromatic rings. The number of hydrogen-bond donors (Lipinski definition) is 2. The van der Waals surface area contributed by atoms with Gasteiger partial charge in [0.25, 0.3) is 5.56 Å². The number of amides is 1. The number of carbonyl (C=O) groups is 1. The predicted molar refractivity (Wildman–Crippen MR) is 197 cm³/mol. The molecule has 1 saturated heterocycles. The van der Waals surface area contributed by atoms with Crippen LogP contribution in [0.4, 0.5) is 11.5 Å². The fourth-order valence-corrected chi connectivity index (χ4v) is 6.70. The van der Waals surface area contributed by atoms with Crippen molar-refractivity contribution in [2.24, 2.45) is 0 Å². The number of nitrogens with zero attached hydrogens (tertiary/aromatic N) is 4. The summed E-state index contributed by atoms with van der Waals surface area (Å²) in [5.41, 5.74) is 7.78. The second kappa shape index (κ2) is 14.4. The summed E-state index contributed by atoms with van der Waals surface area (Å²) in [6, 6.07) is 16.5. The number of anilines is 2. The molecule has 0 atom stereocenters. The third-order valence-electron chi connectivity index (χ3n) is 9.47. The Kier molecular flexibility index (Phi) is 9.92. The summed E-state index contributed by atoms with van der Waals surface area (Å²) in [7, 11) is 2.04. The van der Waals surface area contributed by atoms with Gasteiger partial charge in [0.15, 0.2) is 0 Å². The maximum Gasteiger partial charge on any atom is 0.262 e. The lowest BCUT2D eigenvalue weighted by atomic mass is 9.88. The summed E-state index contributed by atoms with van der Waals surface area (Å²) in [6.07, 6.45) is 13.1. The first-order valence-corrected chi connectivity index (χ1v) is 16.9. The summed E-state index contributed by atoms with van der Waals surface area (Å²) < 4.78 is 1.74. The van der Waals surface area contributed by atoms with Crippen molar-refractivity contribution in [3.63, 3.8) is 0 Å². The SMILES string of the molecule is Bc1cc(C2CC2)cc2ccn(-c3cccc(C(/C=C(\C)Nc4ccc(N5CCN(CCCC)CC5)cn4)=C/NC=O)c3C)c(=O)c12. The quantitative estimate of drug-likeness (QED) is 0.133. The predicted octanol–water partition coefficient (Wildman–Crippen LogP) is 4.85. The summed E-state index contributed by atoms with van der Waals surface area (Å²) >= 11 is 0. The van der Waals surface area contributed by atoms with Crippen LogP contribution in [-0.2, 0) is 4.79 Å². The lowest BCUT2D eigenvalue weighted by Crippen LogP contribution is -2.46. The van der Waals surface area contributed by atoms with Crippen molar-refractivity contribution in [2.75, 3.05) is 42.9 Å². The Morgan fingerprint density at radius 2 is 1.89 bits per heavy atom. The normalized spacial score (nSPS) is 16.0. The number of hydrogen-bond acceptors (Lipinski definition) is 6. The van der Waals surface area contributed by atoms with Crippen LogP contribution in [0.15, 0.2) is 83.7 Å². The van der Waals surface area contributed by atoms with Crippen LogP contribution < -0.4 is 26.6 Å². The number of rotatable bonds is 12. The van der Waals surface area contributed by atoms with E-state index < -0.39 is 0 Å². The maximum absolute atomic E-state index is 13.9. The number of fused-ring (bicyclic) bond motifs is 1. The van der Waals surface area contributed by atoms with Crippen LogP contribution >= 0.6 is 0 Å². The van der Waals surface area contributed by atoms with Crippen LogP contribution in [0.2, 0.25) is 0 Å². The molecular formula is C38H45BN6O2. The molecule has 8 nitrogen and oxygen atoms in total. The molecule has 1 aliphatic carbocycles. The van der Waals surface area contributed by atoms with Gasteiger partial charge in [-0.1, -0.05) is 43.1 Å². The molecule has 3 heterocycles. The van der Waals surface area contributed by atoms with E-state index in [1.807, 2.05) is 70.5 Å². The summed E-state index contributed by atoms with van der Waals surface area (Å²) in [5, 5.41) is 7.87. The van der Waals surface area contributed by atoms with Crippen LogP contribution in [0.25, 0.3) is 22.0 Å². The number of carbonyl (C=O) groups excluding carboxylic acids is 1. The highest BCUT2D eigenvalue weighted by molar-refractivity contribution is 6.38. The van der Waals surface area contributed by atoms with E-state index in [0.29, 0.717) is 12.3 Å². The van der Waals surface area contributed by atoms with Gasteiger partial charge in [0, 0.05) is 49.7 Å². The number of allylic oxidation sites excluding steroid dienone is 3. The Bertz CT molecular complexity index is 1870. The van der Waals surface area contributed by atoms with Crippen molar-refractivity contribution < 1.29 is 4.79 Å². The second-order valence-corrected chi connectivity index (χ2v) is 12.9. The summed E-state index contributed by atoms with van der Waals surface area (Å²) in [4.78, 5) is 34.8. The first-order chi connectivity index (χ1) is 22.9. The van der Waals surface area contributed by atoms with Crippen LogP contribution in [0.3, 0.4) is 0 Å².